The summed E-state index contributed by atoms with van der Waals surface area (Å²) in [6, 6.07) is 2.18. The average molecular weight is 271 g/mol. The van der Waals surface area contributed by atoms with E-state index in [1.165, 1.54) is 18.4 Å². The van der Waals surface area contributed by atoms with E-state index in [1.807, 2.05) is 16.9 Å². The summed E-state index contributed by atoms with van der Waals surface area (Å²) in [5, 5.41) is 14.3. The van der Waals surface area contributed by atoms with E-state index in [2.05, 4.69) is 22.6 Å². The van der Waals surface area contributed by atoms with Crippen LogP contribution in [0.25, 0.3) is 5.52 Å². The smallest absolute Gasteiger partial charge is 0.0992 e. The lowest BCUT2D eigenvalue weighted by Gasteiger charge is -2.29. The van der Waals surface area contributed by atoms with Gasteiger partial charge in [0.2, 0.25) is 0 Å². The Morgan fingerprint density at radius 1 is 1.35 bits per heavy atom. The first kappa shape index (κ1) is 12.4. The molecule has 1 saturated carbocycles. The maximum atomic E-state index is 10.9. The van der Waals surface area contributed by atoms with Gasteiger partial charge in [0.15, 0.2) is 0 Å². The van der Waals surface area contributed by atoms with Crippen LogP contribution in [0.3, 0.4) is 0 Å². The zero-order chi connectivity index (χ0) is 13.5. The number of piperidine rings is 1. The molecule has 1 aliphatic carbocycles. The summed E-state index contributed by atoms with van der Waals surface area (Å²) in [4.78, 5) is 4.25. The molecule has 2 unspecified atom stereocenters. The highest BCUT2D eigenvalue weighted by molar-refractivity contribution is 5.59. The molecule has 2 aliphatic rings. The number of rotatable bonds is 3. The third-order valence-electron chi connectivity index (χ3n) is 4.76. The van der Waals surface area contributed by atoms with Crippen LogP contribution in [0.15, 0.2) is 24.8 Å². The second-order valence-electron chi connectivity index (χ2n) is 6.20. The Balaban J connectivity index is 1.79. The van der Waals surface area contributed by atoms with Crippen LogP contribution < -0.4 is 5.32 Å². The van der Waals surface area contributed by atoms with E-state index < -0.39 is 0 Å². The minimum absolute atomic E-state index is 0.322. The van der Waals surface area contributed by atoms with E-state index in [4.69, 9.17) is 0 Å². The summed E-state index contributed by atoms with van der Waals surface area (Å²) in [6.07, 6.45) is 10.2. The quantitative estimate of drug-likeness (QED) is 0.900. The van der Waals surface area contributed by atoms with Crippen LogP contribution in [-0.4, -0.2) is 27.6 Å². The van der Waals surface area contributed by atoms with Crippen molar-refractivity contribution in [1.82, 2.24) is 14.7 Å². The van der Waals surface area contributed by atoms with Gasteiger partial charge in [0, 0.05) is 24.2 Å². The van der Waals surface area contributed by atoms with E-state index in [0.29, 0.717) is 11.8 Å². The van der Waals surface area contributed by atoms with Crippen molar-refractivity contribution >= 4 is 5.52 Å². The predicted molar refractivity (Wildman–Crippen MR) is 77.7 cm³/mol. The van der Waals surface area contributed by atoms with Crippen LogP contribution in [0.2, 0.25) is 0 Å². The minimum Gasteiger partial charge on any atom is -0.388 e. The number of hydrogen-bond acceptors (Lipinski definition) is 3. The molecule has 2 fully saturated rings. The Kier molecular flexibility index (Phi) is 3.00. The lowest BCUT2D eigenvalue weighted by Crippen LogP contribution is -2.33. The SMILES string of the molecule is OC(c1c(C2CC2)ccn2cncc12)C1CCCNC1. The van der Waals surface area contributed by atoms with Gasteiger partial charge in [0.1, 0.15) is 0 Å². The van der Waals surface area contributed by atoms with Crippen molar-refractivity contribution in [1.29, 1.82) is 0 Å². The highest BCUT2D eigenvalue weighted by atomic mass is 16.3. The molecule has 0 amide bonds. The minimum atomic E-state index is -0.376. The molecular formula is C16H21N3O. The van der Waals surface area contributed by atoms with Gasteiger partial charge in [-0.15, -0.1) is 0 Å². The molecule has 4 nitrogen and oxygen atoms in total. The van der Waals surface area contributed by atoms with Gasteiger partial charge in [-0.3, -0.25) is 0 Å². The van der Waals surface area contributed by atoms with Gasteiger partial charge < -0.3 is 14.8 Å². The zero-order valence-electron chi connectivity index (χ0n) is 11.6. The van der Waals surface area contributed by atoms with Crippen molar-refractivity contribution in [2.45, 2.75) is 37.7 Å². The van der Waals surface area contributed by atoms with E-state index in [1.54, 1.807) is 0 Å². The molecule has 4 rings (SSSR count). The van der Waals surface area contributed by atoms with Gasteiger partial charge >= 0.3 is 0 Å². The number of pyridine rings is 1. The standard InChI is InChI=1S/C16H21N3O/c20-16(12-2-1-6-17-8-12)15-13(11-3-4-11)5-7-19-10-18-9-14(15)19/h5,7,9-12,16-17,20H,1-4,6,8H2. The normalized spacial score (nSPS) is 24.9. The predicted octanol–water partition coefficient (Wildman–Crippen LogP) is 2.24. The third-order valence-corrected chi connectivity index (χ3v) is 4.76. The van der Waals surface area contributed by atoms with Crippen molar-refractivity contribution < 1.29 is 5.11 Å². The molecule has 0 radical (unpaired) electrons. The molecule has 0 spiro atoms. The van der Waals surface area contributed by atoms with Gasteiger partial charge in [-0.05, 0) is 49.8 Å². The Morgan fingerprint density at radius 2 is 2.25 bits per heavy atom. The molecular weight excluding hydrogens is 250 g/mol. The molecule has 1 aliphatic heterocycles. The first-order valence-corrected chi connectivity index (χ1v) is 7.68. The largest absolute Gasteiger partial charge is 0.388 e. The van der Waals surface area contributed by atoms with Crippen molar-refractivity contribution in [3.8, 4) is 0 Å². The molecule has 0 bridgehead atoms. The lowest BCUT2D eigenvalue weighted by molar-refractivity contribution is 0.0923. The zero-order valence-corrected chi connectivity index (χ0v) is 11.6. The molecule has 1 saturated heterocycles. The summed E-state index contributed by atoms with van der Waals surface area (Å²) in [5.74, 6) is 0.971. The van der Waals surface area contributed by atoms with Crippen molar-refractivity contribution in [3.05, 3.63) is 35.9 Å². The molecule has 2 atom stereocenters. The summed E-state index contributed by atoms with van der Waals surface area (Å²) < 4.78 is 2.03. The van der Waals surface area contributed by atoms with Crippen molar-refractivity contribution in [3.63, 3.8) is 0 Å². The molecule has 2 N–H and O–H groups in total. The fraction of sp³-hybridized carbons (Fsp3) is 0.562. The Morgan fingerprint density at radius 3 is 3.00 bits per heavy atom. The maximum Gasteiger partial charge on any atom is 0.0992 e. The Bertz CT molecular complexity index is 611. The number of aliphatic hydroxyl groups excluding tert-OH is 1. The van der Waals surface area contributed by atoms with Gasteiger partial charge in [-0.1, -0.05) is 0 Å². The van der Waals surface area contributed by atoms with Crippen molar-refractivity contribution in [2.24, 2.45) is 5.92 Å². The Labute approximate surface area is 118 Å². The lowest BCUT2D eigenvalue weighted by atomic mass is 9.86. The molecule has 106 valence electrons. The fourth-order valence-electron chi connectivity index (χ4n) is 3.49. The number of nitrogens with zero attached hydrogens (tertiary/aromatic N) is 2. The average Bonchev–Trinajstić information content (AvgIpc) is 3.23. The Hall–Kier alpha value is -1.39. The topological polar surface area (TPSA) is 49.6 Å². The molecule has 4 heteroatoms. The van der Waals surface area contributed by atoms with E-state index in [9.17, 15) is 5.11 Å². The van der Waals surface area contributed by atoms with E-state index >= 15 is 0 Å². The maximum absolute atomic E-state index is 10.9. The summed E-state index contributed by atoms with van der Waals surface area (Å²) in [6.45, 7) is 2.00. The van der Waals surface area contributed by atoms with Crippen LogP contribution in [0.5, 0.6) is 0 Å². The number of aliphatic hydroxyl groups is 1. The fourth-order valence-corrected chi connectivity index (χ4v) is 3.49. The van der Waals surface area contributed by atoms with E-state index in [-0.39, 0.29) is 6.10 Å². The highest BCUT2D eigenvalue weighted by Crippen LogP contribution is 2.45. The number of imidazole rings is 1. The number of nitrogens with one attached hydrogen (secondary N) is 1. The van der Waals surface area contributed by atoms with Gasteiger partial charge in [-0.2, -0.15) is 0 Å². The van der Waals surface area contributed by atoms with Crippen LogP contribution in [0, 0.1) is 5.92 Å². The van der Waals surface area contributed by atoms with E-state index in [0.717, 1.165) is 37.0 Å². The van der Waals surface area contributed by atoms with Crippen LogP contribution in [0.4, 0.5) is 0 Å². The van der Waals surface area contributed by atoms with Gasteiger partial charge in [0.05, 0.1) is 24.1 Å². The second kappa shape index (κ2) is 4.86. The van der Waals surface area contributed by atoms with Gasteiger partial charge in [0.25, 0.3) is 0 Å². The molecule has 2 aromatic rings. The number of hydrogen-bond donors (Lipinski definition) is 2. The van der Waals surface area contributed by atoms with Crippen molar-refractivity contribution in [2.75, 3.05) is 13.1 Å². The highest BCUT2D eigenvalue weighted by Gasteiger charge is 2.32. The number of aromatic nitrogens is 2. The first-order chi connectivity index (χ1) is 9.84. The molecule has 3 heterocycles. The number of fused-ring (bicyclic) bond motifs is 1. The second-order valence-corrected chi connectivity index (χ2v) is 6.20. The third kappa shape index (κ3) is 2.03. The first-order valence-electron chi connectivity index (χ1n) is 7.68. The summed E-state index contributed by atoms with van der Waals surface area (Å²) in [5.41, 5.74) is 3.55. The van der Waals surface area contributed by atoms with Crippen LogP contribution >= 0.6 is 0 Å². The summed E-state index contributed by atoms with van der Waals surface area (Å²) in [7, 11) is 0. The monoisotopic (exact) mass is 271 g/mol. The summed E-state index contributed by atoms with van der Waals surface area (Å²) >= 11 is 0. The van der Waals surface area contributed by atoms with Gasteiger partial charge in [-0.25, -0.2) is 4.98 Å². The molecule has 20 heavy (non-hydrogen) atoms. The molecule has 2 aromatic heterocycles. The van der Waals surface area contributed by atoms with Crippen LogP contribution in [-0.2, 0) is 0 Å². The van der Waals surface area contributed by atoms with Crippen LogP contribution in [0.1, 0.15) is 48.8 Å². The molecule has 0 aromatic carbocycles.